The van der Waals surface area contributed by atoms with E-state index in [2.05, 4.69) is 86.8 Å². The number of carbonyl (C=O) groups excluding carboxylic acids is 3. The van der Waals surface area contributed by atoms with Gasteiger partial charge in [-0.3, -0.25) is 9.59 Å². The lowest BCUT2D eigenvalue weighted by molar-refractivity contribution is -0.870. The number of unbranched alkanes of at least 4 members (excludes halogenated alkanes) is 48. The van der Waals surface area contributed by atoms with E-state index in [1.54, 1.807) is 0 Å². The third-order valence-electron chi connectivity index (χ3n) is 17.9. The molecule has 0 aliphatic rings. The first-order valence-corrected chi connectivity index (χ1v) is 40.1. The van der Waals surface area contributed by atoms with E-state index in [1.165, 1.54) is 289 Å². The first-order valence-electron chi connectivity index (χ1n) is 40.1. The molecule has 0 aromatic heterocycles. The number of carboxylic acid groups (broad SMARTS) is 1. The molecule has 0 saturated heterocycles. The second-order valence-corrected chi connectivity index (χ2v) is 28.3. The molecule has 0 aliphatic carbocycles. The quantitative estimate of drug-likeness (QED) is 0.0195. The molecule has 0 radical (unpaired) electrons. The highest BCUT2D eigenvalue weighted by molar-refractivity contribution is 5.70. The Morgan fingerprint density at radius 1 is 0.333 bits per heavy atom. The number of rotatable bonds is 75. The summed E-state index contributed by atoms with van der Waals surface area (Å²) < 4.78 is 22.9. The third-order valence-corrected chi connectivity index (χ3v) is 17.9. The van der Waals surface area contributed by atoms with Crippen molar-refractivity contribution in [1.29, 1.82) is 0 Å². The molecular formula is C84H153NO8. The Bertz CT molecular complexity index is 1760. The van der Waals surface area contributed by atoms with Crippen LogP contribution in [0.3, 0.4) is 0 Å². The summed E-state index contributed by atoms with van der Waals surface area (Å²) >= 11 is 0. The Hall–Kier alpha value is -3.27. The fraction of sp³-hybridized carbons (Fsp3) is 0.821. The van der Waals surface area contributed by atoms with E-state index in [0.29, 0.717) is 23.9 Å². The summed E-state index contributed by atoms with van der Waals surface area (Å²) in [6, 6.07) is 0. The zero-order valence-corrected chi connectivity index (χ0v) is 62.1. The van der Waals surface area contributed by atoms with Gasteiger partial charge in [0.05, 0.1) is 40.3 Å². The Morgan fingerprint density at radius 3 is 0.914 bits per heavy atom. The van der Waals surface area contributed by atoms with E-state index in [0.717, 1.165) is 64.2 Å². The van der Waals surface area contributed by atoms with E-state index in [4.69, 9.17) is 18.9 Å². The van der Waals surface area contributed by atoms with Gasteiger partial charge in [-0.2, -0.15) is 0 Å². The number of hydrogen-bond donors (Lipinski definition) is 0. The fourth-order valence-corrected chi connectivity index (χ4v) is 11.9. The summed E-state index contributed by atoms with van der Waals surface area (Å²) in [5, 5.41) is 11.9. The predicted octanol–water partition coefficient (Wildman–Crippen LogP) is 24.3. The molecule has 9 heteroatoms. The number of ether oxygens (including phenoxy) is 4. The Labute approximate surface area is 577 Å². The van der Waals surface area contributed by atoms with Crippen LogP contribution in [0.25, 0.3) is 0 Å². The van der Waals surface area contributed by atoms with E-state index >= 15 is 0 Å². The molecule has 0 aliphatic heterocycles. The second-order valence-electron chi connectivity index (χ2n) is 28.3. The molecule has 0 fully saturated rings. The van der Waals surface area contributed by atoms with Gasteiger partial charge in [-0.15, -0.1) is 0 Å². The molecule has 2 atom stereocenters. The number of carboxylic acids is 1. The van der Waals surface area contributed by atoms with Gasteiger partial charge in [-0.1, -0.05) is 363 Å². The molecule has 0 heterocycles. The maximum absolute atomic E-state index is 13.0. The Balaban J connectivity index is 3.97. The molecule has 0 aromatic carbocycles. The van der Waals surface area contributed by atoms with Crippen molar-refractivity contribution in [2.24, 2.45) is 0 Å². The molecule has 0 spiro atoms. The van der Waals surface area contributed by atoms with Gasteiger partial charge in [-0.25, -0.2) is 0 Å². The van der Waals surface area contributed by atoms with Gasteiger partial charge in [0, 0.05) is 12.8 Å². The van der Waals surface area contributed by atoms with Crippen LogP contribution in [0.5, 0.6) is 0 Å². The van der Waals surface area contributed by atoms with Crippen molar-refractivity contribution in [3.05, 3.63) is 72.9 Å². The van der Waals surface area contributed by atoms with Gasteiger partial charge in [0.2, 0.25) is 0 Å². The molecule has 2 unspecified atom stereocenters. The van der Waals surface area contributed by atoms with Gasteiger partial charge in [0.1, 0.15) is 13.2 Å². The van der Waals surface area contributed by atoms with Gasteiger partial charge < -0.3 is 33.3 Å². The molecule has 0 N–H and O–H groups in total. The summed E-state index contributed by atoms with van der Waals surface area (Å²) in [5.74, 6) is -2.26. The second kappa shape index (κ2) is 74.5. The highest BCUT2D eigenvalue weighted by Gasteiger charge is 2.22. The number of quaternary nitrogens is 1. The van der Waals surface area contributed by atoms with E-state index in [9.17, 15) is 19.5 Å². The molecule has 0 saturated carbocycles. The summed E-state index contributed by atoms with van der Waals surface area (Å²) in [4.78, 5) is 37.6. The predicted molar refractivity (Wildman–Crippen MR) is 398 cm³/mol. The molecule has 542 valence electrons. The van der Waals surface area contributed by atoms with Crippen LogP contribution in [0, 0.1) is 0 Å². The minimum absolute atomic E-state index is 0.149. The monoisotopic (exact) mass is 1300 g/mol. The largest absolute Gasteiger partial charge is 0.545 e. The number of allylic oxidation sites excluding steroid dienone is 12. The lowest BCUT2D eigenvalue weighted by atomic mass is 10.0. The summed E-state index contributed by atoms with van der Waals surface area (Å²) in [6.45, 7) is 4.69. The fourth-order valence-electron chi connectivity index (χ4n) is 11.9. The molecular weight excluding hydrogens is 1150 g/mol. The Morgan fingerprint density at radius 2 is 0.613 bits per heavy atom. The first kappa shape index (κ1) is 89.7. The van der Waals surface area contributed by atoms with E-state index in [1.807, 2.05) is 21.1 Å². The number of esters is 2. The van der Waals surface area contributed by atoms with Crippen LogP contribution >= 0.6 is 0 Å². The van der Waals surface area contributed by atoms with Crippen molar-refractivity contribution in [2.45, 2.75) is 399 Å². The van der Waals surface area contributed by atoms with Gasteiger partial charge in [0.25, 0.3) is 0 Å². The van der Waals surface area contributed by atoms with Crippen LogP contribution in [0.1, 0.15) is 386 Å². The van der Waals surface area contributed by atoms with Crippen LogP contribution in [0.2, 0.25) is 0 Å². The molecule has 0 rings (SSSR count). The van der Waals surface area contributed by atoms with Gasteiger partial charge >= 0.3 is 11.9 Å². The lowest BCUT2D eigenvalue weighted by Gasteiger charge is -2.26. The minimum atomic E-state index is -1.62. The first-order chi connectivity index (χ1) is 45.6. The topological polar surface area (TPSA) is 111 Å². The standard InChI is InChI=1S/C84H153NO8/c1-6-8-10-12-14-16-18-20-22-24-26-28-30-32-34-36-38-39-40-41-42-43-45-46-48-50-52-54-56-58-60-62-64-66-68-70-72-74-81(86)91-78-80(79-92-84(83(88)89)90-77-76-85(3,4)5)93-82(87)75-73-71-69-67-65-63-61-59-57-55-53-51-49-47-44-37-35-33-31-29-27-25-23-21-19-17-15-13-11-9-7-2/h9,11,15,17-18,20-21,23-24,26-27,29,80,84H,6-8,10,12-14,16,19,22,25,28,30-79H2,1-5H3/b11-9-,17-15-,20-18-,23-21-,26-24-,29-27-. The van der Waals surface area contributed by atoms with Crippen LogP contribution < -0.4 is 5.11 Å². The van der Waals surface area contributed by atoms with Crippen molar-refractivity contribution >= 4 is 17.9 Å². The number of aliphatic carboxylic acids is 1. The third kappa shape index (κ3) is 76.0. The highest BCUT2D eigenvalue weighted by atomic mass is 16.7. The zero-order chi connectivity index (χ0) is 67.5. The van der Waals surface area contributed by atoms with Crippen molar-refractivity contribution in [3.63, 3.8) is 0 Å². The smallest absolute Gasteiger partial charge is 0.306 e. The number of likely N-dealkylation sites (N-methyl/N-ethyl adjacent to an activating group) is 1. The SMILES string of the molecule is CC/C=C\C/C=C\C/C=C\C/C=C\CCCCCCCCCCCCCCCCCCCCC(=O)OC(COC(=O)CCCCCCCCCCCCCCCCCCCCCCCCCCC/C=C\C/C=C\CCCCCCC)COC(OCC[N+](C)(C)C)C(=O)[O-]. The summed E-state index contributed by atoms with van der Waals surface area (Å²) in [6.07, 6.45) is 97.4. The Kier molecular flexibility index (Phi) is 71.9. The van der Waals surface area contributed by atoms with Crippen molar-refractivity contribution in [1.82, 2.24) is 0 Å². The average Bonchev–Trinajstić information content (AvgIpc) is 3.38. The number of nitrogens with zero attached hydrogens (tertiary/aromatic N) is 1. The van der Waals surface area contributed by atoms with Crippen LogP contribution in [0.15, 0.2) is 72.9 Å². The van der Waals surface area contributed by atoms with Crippen molar-refractivity contribution in [3.8, 4) is 0 Å². The number of hydrogen-bond acceptors (Lipinski definition) is 8. The molecule has 0 bridgehead atoms. The van der Waals surface area contributed by atoms with E-state index in [-0.39, 0.29) is 32.2 Å². The maximum Gasteiger partial charge on any atom is 0.306 e. The molecule has 0 aromatic rings. The normalized spacial score (nSPS) is 13.0. The van der Waals surface area contributed by atoms with Crippen molar-refractivity contribution in [2.75, 3.05) is 47.5 Å². The molecule has 9 nitrogen and oxygen atoms in total. The van der Waals surface area contributed by atoms with Crippen LogP contribution in [0.4, 0.5) is 0 Å². The molecule has 0 amide bonds. The van der Waals surface area contributed by atoms with E-state index < -0.39 is 24.3 Å². The van der Waals surface area contributed by atoms with Gasteiger partial charge in [-0.05, 0) is 83.5 Å². The van der Waals surface area contributed by atoms with Gasteiger partial charge in [0.15, 0.2) is 12.4 Å². The average molecular weight is 1310 g/mol. The van der Waals surface area contributed by atoms with Crippen molar-refractivity contribution < 1.29 is 42.9 Å². The minimum Gasteiger partial charge on any atom is -0.545 e. The zero-order valence-electron chi connectivity index (χ0n) is 62.1. The summed E-state index contributed by atoms with van der Waals surface area (Å²) in [5.41, 5.74) is 0. The number of carbonyl (C=O) groups is 3. The molecule has 93 heavy (non-hydrogen) atoms. The maximum atomic E-state index is 13.0. The highest BCUT2D eigenvalue weighted by Crippen LogP contribution is 2.19. The van der Waals surface area contributed by atoms with Crippen LogP contribution in [-0.2, 0) is 33.3 Å². The summed E-state index contributed by atoms with van der Waals surface area (Å²) in [7, 11) is 5.95. The lowest BCUT2D eigenvalue weighted by Crippen LogP contribution is -2.44. The van der Waals surface area contributed by atoms with Crippen LogP contribution in [-0.4, -0.2) is 82.3 Å².